The van der Waals surface area contributed by atoms with Gasteiger partial charge in [-0.05, 0) is 43.1 Å². The molecule has 0 atom stereocenters. The molecule has 0 spiro atoms. The summed E-state index contributed by atoms with van der Waals surface area (Å²) in [5.41, 5.74) is 6.45. The predicted molar refractivity (Wildman–Crippen MR) is 132 cm³/mol. The molecule has 31 heavy (non-hydrogen) atoms. The molecular weight excluding hydrogens is 376 g/mol. The quantitative estimate of drug-likeness (QED) is 0.345. The van der Waals surface area contributed by atoms with Gasteiger partial charge >= 0.3 is 0 Å². The summed E-state index contributed by atoms with van der Waals surface area (Å²) in [5, 5.41) is 5.28. The molecule has 1 aliphatic carbocycles. The van der Waals surface area contributed by atoms with E-state index in [2.05, 4.69) is 79.2 Å². The number of benzene rings is 2. The highest BCUT2D eigenvalue weighted by Crippen LogP contribution is 2.37. The maximum Gasteiger partial charge on any atom is 0.100 e. The molecule has 3 aromatic rings. The third-order valence-electron chi connectivity index (χ3n) is 7.03. The van der Waals surface area contributed by atoms with Crippen LogP contribution in [0.3, 0.4) is 0 Å². The Labute approximate surface area is 188 Å². The Morgan fingerprint density at radius 2 is 1.39 bits per heavy atom. The van der Waals surface area contributed by atoms with Gasteiger partial charge in [-0.1, -0.05) is 107 Å². The summed E-state index contributed by atoms with van der Waals surface area (Å²) in [4.78, 5) is 0. The van der Waals surface area contributed by atoms with Gasteiger partial charge in [0.2, 0.25) is 0 Å². The number of rotatable bonds is 9. The molecule has 0 radical (unpaired) electrons. The molecule has 0 amide bonds. The molecule has 2 aromatic carbocycles. The van der Waals surface area contributed by atoms with E-state index in [0.717, 1.165) is 30.5 Å². The Kier molecular flexibility index (Phi) is 7.61. The third-order valence-corrected chi connectivity index (χ3v) is 7.03. The maximum atomic E-state index is 5.28. The van der Waals surface area contributed by atoms with Crippen LogP contribution in [0.4, 0.5) is 0 Å². The van der Waals surface area contributed by atoms with E-state index in [0.29, 0.717) is 0 Å². The zero-order valence-corrected chi connectivity index (χ0v) is 19.4. The van der Waals surface area contributed by atoms with Crippen LogP contribution in [0.25, 0.3) is 22.4 Å². The molecule has 1 aliphatic rings. The summed E-state index contributed by atoms with van der Waals surface area (Å²) in [6, 6.07) is 21.7. The highest BCUT2D eigenvalue weighted by Gasteiger charge is 2.25. The smallest absolute Gasteiger partial charge is 0.100 e. The Morgan fingerprint density at radius 1 is 0.774 bits per heavy atom. The van der Waals surface area contributed by atoms with Crippen molar-refractivity contribution in [3.8, 4) is 22.4 Å². The van der Waals surface area contributed by atoms with Crippen molar-refractivity contribution in [2.45, 2.75) is 78.2 Å². The zero-order chi connectivity index (χ0) is 21.5. The molecule has 0 unspecified atom stereocenters. The fourth-order valence-corrected chi connectivity index (χ4v) is 5.31. The molecular formula is C29H38N2. The lowest BCUT2D eigenvalue weighted by Gasteiger charge is -2.28. The number of aromatic nitrogens is 2. The lowest BCUT2D eigenvalue weighted by Crippen LogP contribution is -2.20. The topological polar surface area (TPSA) is 17.8 Å². The van der Waals surface area contributed by atoms with E-state index in [1.165, 1.54) is 73.8 Å². The first-order valence-corrected chi connectivity index (χ1v) is 12.5. The Hall–Kier alpha value is -2.35. The fourth-order valence-electron chi connectivity index (χ4n) is 5.31. The van der Waals surface area contributed by atoms with Crippen LogP contribution in [0.2, 0.25) is 0 Å². The number of nitrogens with zero attached hydrogens (tertiary/aromatic N) is 2. The van der Waals surface area contributed by atoms with Crippen LogP contribution in [0.1, 0.15) is 70.9 Å². The van der Waals surface area contributed by atoms with Gasteiger partial charge < -0.3 is 0 Å². The van der Waals surface area contributed by atoms with Gasteiger partial charge in [-0.3, -0.25) is 4.68 Å². The summed E-state index contributed by atoms with van der Waals surface area (Å²) >= 11 is 0. The zero-order valence-electron chi connectivity index (χ0n) is 19.4. The second-order valence-electron chi connectivity index (χ2n) is 9.36. The third kappa shape index (κ3) is 5.29. The van der Waals surface area contributed by atoms with Crippen LogP contribution in [0, 0.1) is 11.8 Å². The van der Waals surface area contributed by atoms with Crippen molar-refractivity contribution in [1.82, 2.24) is 9.78 Å². The molecule has 4 rings (SSSR count). The van der Waals surface area contributed by atoms with Gasteiger partial charge in [-0.15, -0.1) is 0 Å². The van der Waals surface area contributed by atoms with Crippen LogP contribution in [0.15, 0.2) is 60.7 Å². The molecule has 1 fully saturated rings. The molecule has 2 nitrogen and oxygen atoms in total. The highest BCUT2D eigenvalue weighted by atomic mass is 15.3. The average Bonchev–Trinajstić information content (AvgIpc) is 3.18. The van der Waals surface area contributed by atoms with Crippen molar-refractivity contribution in [3.05, 3.63) is 66.4 Å². The van der Waals surface area contributed by atoms with Crippen molar-refractivity contribution in [2.75, 3.05) is 0 Å². The van der Waals surface area contributed by atoms with E-state index in [4.69, 9.17) is 5.10 Å². The first kappa shape index (κ1) is 21.9. The van der Waals surface area contributed by atoms with E-state index in [-0.39, 0.29) is 0 Å². The molecule has 1 heterocycles. The molecule has 0 saturated heterocycles. The summed E-state index contributed by atoms with van der Waals surface area (Å²) in [6.07, 6.45) is 11.8. The van der Waals surface area contributed by atoms with E-state index in [1.54, 1.807) is 0 Å². The Bertz CT molecular complexity index is 918. The molecule has 164 valence electrons. The van der Waals surface area contributed by atoms with Crippen LogP contribution in [-0.4, -0.2) is 9.78 Å². The minimum absolute atomic E-state index is 0.764. The minimum Gasteiger partial charge on any atom is -0.268 e. The molecule has 1 saturated carbocycles. The van der Waals surface area contributed by atoms with Gasteiger partial charge in [0.25, 0.3) is 0 Å². The second-order valence-corrected chi connectivity index (χ2v) is 9.36. The lowest BCUT2D eigenvalue weighted by molar-refractivity contribution is 0.235. The van der Waals surface area contributed by atoms with E-state index >= 15 is 0 Å². The van der Waals surface area contributed by atoms with Gasteiger partial charge in [0.05, 0.1) is 0 Å². The van der Waals surface area contributed by atoms with Gasteiger partial charge in [-0.2, -0.15) is 5.10 Å². The number of hydrogen-bond acceptors (Lipinski definition) is 1. The van der Waals surface area contributed by atoms with Crippen LogP contribution in [-0.2, 0) is 13.0 Å². The number of unbranched alkanes of at least 4 members (excludes halogenated alkanes) is 1. The van der Waals surface area contributed by atoms with Crippen molar-refractivity contribution < 1.29 is 0 Å². The molecule has 2 heteroatoms. The second kappa shape index (κ2) is 10.8. The maximum absolute atomic E-state index is 5.28. The Balaban J connectivity index is 1.70. The van der Waals surface area contributed by atoms with Crippen molar-refractivity contribution in [3.63, 3.8) is 0 Å². The van der Waals surface area contributed by atoms with Crippen molar-refractivity contribution in [1.29, 1.82) is 0 Å². The number of hydrogen-bond donors (Lipinski definition) is 0. The van der Waals surface area contributed by atoms with Gasteiger partial charge in [0.1, 0.15) is 5.69 Å². The molecule has 0 aliphatic heterocycles. The lowest BCUT2D eigenvalue weighted by atomic mass is 9.80. The fraction of sp³-hybridized carbons (Fsp3) is 0.483. The first-order valence-electron chi connectivity index (χ1n) is 12.5. The highest BCUT2D eigenvalue weighted by molar-refractivity contribution is 5.82. The summed E-state index contributed by atoms with van der Waals surface area (Å²) in [5.74, 6) is 1.72. The SMILES string of the molecule is CCCCc1c(-c2ccccc2)c(-c2ccccc2)nn1CC1CCC(CCC)CC1. The van der Waals surface area contributed by atoms with Crippen molar-refractivity contribution in [2.24, 2.45) is 11.8 Å². The van der Waals surface area contributed by atoms with Gasteiger partial charge in [-0.25, -0.2) is 0 Å². The summed E-state index contributed by atoms with van der Waals surface area (Å²) < 4.78 is 2.39. The molecule has 0 bridgehead atoms. The first-order chi connectivity index (χ1) is 15.3. The predicted octanol–water partition coefficient (Wildman–Crippen LogP) is 8.17. The van der Waals surface area contributed by atoms with E-state index in [1.807, 2.05) is 0 Å². The standard InChI is InChI=1S/C29H38N2/c1-3-5-17-27-28(25-13-8-6-9-14-25)29(26-15-10-7-11-16-26)30-31(27)22-24-20-18-23(12-4-2)19-21-24/h6-11,13-16,23-24H,3-5,12,17-22H2,1-2H3. The molecule has 0 N–H and O–H groups in total. The van der Waals surface area contributed by atoms with Crippen molar-refractivity contribution >= 4 is 0 Å². The van der Waals surface area contributed by atoms with E-state index < -0.39 is 0 Å². The minimum atomic E-state index is 0.764. The van der Waals surface area contributed by atoms with E-state index in [9.17, 15) is 0 Å². The summed E-state index contributed by atoms with van der Waals surface area (Å²) in [6.45, 7) is 5.69. The monoisotopic (exact) mass is 414 g/mol. The normalized spacial score (nSPS) is 18.9. The summed E-state index contributed by atoms with van der Waals surface area (Å²) in [7, 11) is 0. The van der Waals surface area contributed by atoms with Gasteiger partial charge in [0, 0.05) is 23.4 Å². The molecule has 1 aromatic heterocycles. The average molecular weight is 415 g/mol. The van der Waals surface area contributed by atoms with Crippen LogP contribution in [0.5, 0.6) is 0 Å². The van der Waals surface area contributed by atoms with Crippen LogP contribution >= 0.6 is 0 Å². The Morgan fingerprint density at radius 3 is 2.00 bits per heavy atom. The largest absolute Gasteiger partial charge is 0.268 e. The van der Waals surface area contributed by atoms with Crippen LogP contribution < -0.4 is 0 Å². The van der Waals surface area contributed by atoms with Gasteiger partial charge in [0.15, 0.2) is 0 Å².